The van der Waals surface area contributed by atoms with Crippen molar-refractivity contribution in [3.05, 3.63) is 30.5 Å². The summed E-state index contributed by atoms with van der Waals surface area (Å²) in [6.45, 7) is 1.70. The highest BCUT2D eigenvalue weighted by Gasteiger charge is 2.27. The van der Waals surface area contributed by atoms with Gasteiger partial charge in [0.2, 0.25) is 5.91 Å². The first-order chi connectivity index (χ1) is 10.7. The van der Waals surface area contributed by atoms with Gasteiger partial charge < -0.3 is 9.80 Å². The third-order valence-corrected chi connectivity index (χ3v) is 4.83. The molecule has 0 N–H and O–H groups in total. The van der Waals surface area contributed by atoms with E-state index in [4.69, 9.17) is 0 Å². The monoisotopic (exact) mass is 300 g/mol. The van der Waals surface area contributed by atoms with E-state index < -0.39 is 0 Å². The van der Waals surface area contributed by atoms with Gasteiger partial charge in [-0.1, -0.05) is 12.2 Å². The summed E-state index contributed by atoms with van der Waals surface area (Å²) in [6, 6.07) is 4.33. The number of anilines is 1. The van der Waals surface area contributed by atoms with Crippen LogP contribution < -0.4 is 4.90 Å². The summed E-state index contributed by atoms with van der Waals surface area (Å²) in [7, 11) is 2.06. The molecule has 0 saturated carbocycles. The second kappa shape index (κ2) is 6.90. The molecular weight excluding hydrogens is 276 g/mol. The predicted octanol–water partition coefficient (Wildman–Crippen LogP) is 2.26. The zero-order valence-electron chi connectivity index (χ0n) is 13.2. The molecule has 1 amide bonds. The van der Waals surface area contributed by atoms with Crippen molar-refractivity contribution in [2.75, 3.05) is 25.0 Å². The summed E-state index contributed by atoms with van der Waals surface area (Å²) >= 11 is 0. The fourth-order valence-corrected chi connectivity index (χ4v) is 3.39. The lowest BCUT2D eigenvalue weighted by molar-refractivity contribution is -0.132. The number of likely N-dealkylation sites (tertiary alicyclic amines) is 1. The van der Waals surface area contributed by atoms with Crippen LogP contribution in [0.5, 0.6) is 0 Å². The van der Waals surface area contributed by atoms with Crippen molar-refractivity contribution in [3.8, 4) is 0 Å². The van der Waals surface area contributed by atoms with Gasteiger partial charge in [0, 0.05) is 38.8 Å². The van der Waals surface area contributed by atoms with E-state index in [1.54, 1.807) is 6.20 Å². The molecule has 1 fully saturated rings. The maximum absolute atomic E-state index is 12.4. The minimum absolute atomic E-state index is 0.317. The average Bonchev–Trinajstić information content (AvgIpc) is 3.08. The summed E-state index contributed by atoms with van der Waals surface area (Å²) in [5, 5.41) is 8.10. The molecule has 0 radical (unpaired) electrons. The number of nitrogens with zero attached hydrogens (tertiary/aromatic N) is 4. The van der Waals surface area contributed by atoms with Crippen LogP contribution in [0, 0.1) is 5.92 Å². The van der Waals surface area contributed by atoms with E-state index in [0.717, 1.165) is 44.6 Å². The summed E-state index contributed by atoms with van der Waals surface area (Å²) in [5.41, 5.74) is 0. The first-order valence-electron chi connectivity index (χ1n) is 8.19. The molecule has 1 aliphatic carbocycles. The van der Waals surface area contributed by atoms with Crippen molar-refractivity contribution < 1.29 is 4.79 Å². The van der Waals surface area contributed by atoms with Crippen LogP contribution in [0.25, 0.3) is 0 Å². The number of carbonyl (C=O) groups is 1. The van der Waals surface area contributed by atoms with Crippen molar-refractivity contribution in [1.82, 2.24) is 15.1 Å². The van der Waals surface area contributed by atoms with E-state index in [1.807, 2.05) is 17.0 Å². The molecule has 2 heterocycles. The number of amides is 1. The Balaban J connectivity index is 1.49. The molecular formula is C17H24N4O. The SMILES string of the molecule is CN(c1cccnn1)C1CCN(C(=O)CC2C=CCC2)CC1. The van der Waals surface area contributed by atoms with Gasteiger partial charge in [-0.2, -0.15) is 5.10 Å². The summed E-state index contributed by atoms with van der Waals surface area (Å²) in [6.07, 6.45) is 11.0. The van der Waals surface area contributed by atoms with Crippen LogP contribution in [-0.4, -0.2) is 47.2 Å². The van der Waals surface area contributed by atoms with Gasteiger partial charge >= 0.3 is 0 Å². The van der Waals surface area contributed by atoms with Crippen molar-refractivity contribution in [2.24, 2.45) is 5.92 Å². The molecule has 1 atom stereocenters. The number of rotatable bonds is 4. The Bertz CT molecular complexity index is 523. The number of piperidine rings is 1. The maximum Gasteiger partial charge on any atom is 0.223 e. The van der Waals surface area contributed by atoms with Gasteiger partial charge in [-0.15, -0.1) is 5.10 Å². The number of hydrogen-bond donors (Lipinski definition) is 0. The fourth-order valence-electron chi connectivity index (χ4n) is 3.39. The van der Waals surface area contributed by atoms with Crippen molar-refractivity contribution in [3.63, 3.8) is 0 Å². The third-order valence-electron chi connectivity index (χ3n) is 4.83. The fraction of sp³-hybridized carbons (Fsp3) is 0.588. The van der Waals surface area contributed by atoms with Gasteiger partial charge in [-0.25, -0.2) is 0 Å². The van der Waals surface area contributed by atoms with Crippen molar-refractivity contribution in [2.45, 2.75) is 38.1 Å². The van der Waals surface area contributed by atoms with Gasteiger partial charge in [0.1, 0.15) is 0 Å². The molecule has 1 aromatic heterocycles. The second-order valence-corrected chi connectivity index (χ2v) is 6.27. The maximum atomic E-state index is 12.4. The van der Waals surface area contributed by atoms with Crippen molar-refractivity contribution in [1.29, 1.82) is 0 Å². The lowest BCUT2D eigenvalue weighted by Crippen LogP contribution is -2.46. The number of carbonyl (C=O) groups excluding carboxylic acids is 1. The average molecular weight is 300 g/mol. The molecule has 1 aliphatic heterocycles. The van der Waals surface area contributed by atoms with Gasteiger partial charge in [0.25, 0.3) is 0 Å². The Morgan fingerprint density at radius 1 is 1.36 bits per heavy atom. The van der Waals surface area contributed by atoms with Crippen LogP contribution in [0.2, 0.25) is 0 Å². The Morgan fingerprint density at radius 2 is 2.18 bits per heavy atom. The minimum atomic E-state index is 0.317. The zero-order valence-corrected chi connectivity index (χ0v) is 13.2. The van der Waals surface area contributed by atoms with Gasteiger partial charge in [-0.3, -0.25) is 4.79 Å². The highest BCUT2D eigenvalue weighted by molar-refractivity contribution is 5.76. The van der Waals surface area contributed by atoms with E-state index in [2.05, 4.69) is 34.3 Å². The number of aromatic nitrogens is 2. The van der Waals surface area contributed by atoms with Gasteiger partial charge in [0.15, 0.2) is 5.82 Å². The van der Waals surface area contributed by atoms with Crippen LogP contribution in [0.4, 0.5) is 5.82 Å². The Morgan fingerprint density at radius 3 is 2.82 bits per heavy atom. The molecule has 0 bridgehead atoms. The molecule has 3 rings (SSSR count). The van der Waals surface area contributed by atoms with Crippen LogP contribution in [0.3, 0.4) is 0 Å². The second-order valence-electron chi connectivity index (χ2n) is 6.27. The minimum Gasteiger partial charge on any atom is -0.355 e. The Hall–Kier alpha value is -1.91. The van der Waals surface area contributed by atoms with E-state index in [0.29, 0.717) is 24.3 Å². The van der Waals surface area contributed by atoms with Crippen LogP contribution in [0.1, 0.15) is 32.1 Å². The normalized spacial score (nSPS) is 22.0. The topological polar surface area (TPSA) is 49.3 Å². The first kappa shape index (κ1) is 15.0. The third kappa shape index (κ3) is 3.46. The van der Waals surface area contributed by atoms with Crippen LogP contribution in [0.15, 0.2) is 30.5 Å². The van der Waals surface area contributed by atoms with E-state index in [9.17, 15) is 4.79 Å². The first-order valence-corrected chi connectivity index (χ1v) is 8.19. The highest BCUT2D eigenvalue weighted by Crippen LogP contribution is 2.24. The molecule has 2 aliphatic rings. The molecule has 1 saturated heterocycles. The molecule has 5 nitrogen and oxygen atoms in total. The Labute approximate surface area is 132 Å². The predicted molar refractivity (Wildman–Crippen MR) is 86.5 cm³/mol. The van der Waals surface area contributed by atoms with Crippen LogP contribution in [-0.2, 0) is 4.79 Å². The lowest BCUT2D eigenvalue weighted by atomic mass is 10.0. The molecule has 0 aromatic carbocycles. The highest BCUT2D eigenvalue weighted by atomic mass is 16.2. The summed E-state index contributed by atoms with van der Waals surface area (Å²) < 4.78 is 0. The lowest BCUT2D eigenvalue weighted by Gasteiger charge is -2.37. The van der Waals surface area contributed by atoms with E-state index in [1.165, 1.54) is 0 Å². The molecule has 118 valence electrons. The quantitative estimate of drug-likeness (QED) is 0.800. The summed E-state index contributed by atoms with van der Waals surface area (Å²) in [5.74, 6) is 1.69. The number of hydrogen-bond acceptors (Lipinski definition) is 4. The molecule has 0 spiro atoms. The van der Waals surface area contributed by atoms with E-state index >= 15 is 0 Å². The van der Waals surface area contributed by atoms with E-state index in [-0.39, 0.29) is 0 Å². The molecule has 1 unspecified atom stereocenters. The van der Waals surface area contributed by atoms with Crippen LogP contribution >= 0.6 is 0 Å². The standard InChI is InChI=1S/C17H24N4O/c1-20(16-7-4-10-18-19-16)15-8-11-21(12-9-15)17(22)13-14-5-2-3-6-14/h2,4-5,7,10,14-15H,3,6,8-9,11-13H2,1H3. The molecule has 5 heteroatoms. The summed E-state index contributed by atoms with van der Waals surface area (Å²) in [4.78, 5) is 16.6. The zero-order chi connectivity index (χ0) is 15.4. The van der Waals surface area contributed by atoms with Gasteiger partial charge in [0.05, 0.1) is 0 Å². The molecule has 22 heavy (non-hydrogen) atoms. The van der Waals surface area contributed by atoms with Gasteiger partial charge in [-0.05, 0) is 43.7 Å². The number of allylic oxidation sites excluding steroid dienone is 2. The largest absolute Gasteiger partial charge is 0.355 e. The smallest absolute Gasteiger partial charge is 0.223 e. The molecule has 1 aromatic rings. The van der Waals surface area contributed by atoms with Crippen molar-refractivity contribution >= 4 is 11.7 Å². The Kier molecular flexibility index (Phi) is 4.71.